The van der Waals surface area contributed by atoms with Crippen LogP contribution in [0.15, 0.2) is 0 Å². The van der Waals surface area contributed by atoms with Gasteiger partial charge in [-0.1, -0.05) is 45.8 Å². The van der Waals surface area contributed by atoms with Crippen molar-refractivity contribution < 1.29 is 0 Å². The van der Waals surface area contributed by atoms with Crippen molar-refractivity contribution in [2.45, 2.75) is 52.5 Å². The molecule has 1 N–H and O–H groups in total. The monoisotopic (exact) mass is 244 g/mol. The molecule has 0 aromatic rings. The molecule has 0 aromatic carbocycles. The first-order chi connectivity index (χ1) is 7.74. The van der Waals surface area contributed by atoms with Crippen LogP contribution >= 0.6 is 12.2 Å². The Labute approximate surface area is 107 Å². The molecule has 2 nitrogen and oxygen atoms in total. The quantitative estimate of drug-likeness (QED) is 0.571. The lowest BCUT2D eigenvalue weighted by Gasteiger charge is -2.20. The third-order valence-electron chi connectivity index (χ3n) is 2.79. The summed E-state index contributed by atoms with van der Waals surface area (Å²) in [5.41, 5.74) is 0. The highest BCUT2D eigenvalue weighted by Gasteiger charge is 2.20. The van der Waals surface area contributed by atoms with Gasteiger partial charge in [-0.15, -0.1) is 0 Å². The van der Waals surface area contributed by atoms with Crippen LogP contribution in [0, 0.1) is 0 Å². The van der Waals surface area contributed by atoms with Crippen molar-refractivity contribution in [1.82, 2.24) is 10.2 Å². The average molecular weight is 244 g/mol. The standard InChI is InChI=1S/C11H22N2S.C2H6/c1-3-4-5-8-13(2)9-10-11(14)6-7-12-10;1-2/h10,12H,3-9H2,1-2H3;1-2H3. The zero-order chi connectivity index (χ0) is 12.4. The largest absolute Gasteiger partial charge is 0.308 e. The van der Waals surface area contributed by atoms with Crippen molar-refractivity contribution >= 4 is 17.1 Å². The molecule has 0 saturated carbocycles. The Kier molecular flexibility index (Phi) is 10.2. The summed E-state index contributed by atoms with van der Waals surface area (Å²) in [5.74, 6) is 0. The lowest BCUT2D eigenvalue weighted by atomic mass is 10.2. The number of thiocarbonyl (C=S) groups is 1. The van der Waals surface area contributed by atoms with Gasteiger partial charge in [0, 0.05) is 18.0 Å². The second-order valence-electron chi connectivity index (χ2n) is 4.19. The predicted octanol–water partition coefficient (Wildman–Crippen LogP) is 2.87. The van der Waals surface area contributed by atoms with Crippen molar-refractivity contribution in [2.24, 2.45) is 0 Å². The van der Waals surface area contributed by atoms with Gasteiger partial charge < -0.3 is 10.2 Å². The van der Waals surface area contributed by atoms with Gasteiger partial charge in [0.25, 0.3) is 0 Å². The molecule has 1 unspecified atom stereocenters. The van der Waals surface area contributed by atoms with Crippen molar-refractivity contribution in [3.63, 3.8) is 0 Å². The van der Waals surface area contributed by atoms with E-state index in [0.717, 1.165) is 19.5 Å². The highest BCUT2D eigenvalue weighted by Crippen LogP contribution is 2.05. The van der Waals surface area contributed by atoms with E-state index in [2.05, 4.69) is 24.2 Å². The summed E-state index contributed by atoms with van der Waals surface area (Å²) in [6.45, 7) is 9.61. The molecule has 0 aliphatic carbocycles. The Morgan fingerprint density at radius 2 is 2.06 bits per heavy atom. The number of unbranched alkanes of at least 4 members (excludes halogenated alkanes) is 2. The second kappa shape index (κ2) is 10.2. The van der Waals surface area contributed by atoms with Gasteiger partial charge in [-0.3, -0.25) is 0 Å². The van der Waals surface area contributed by atoms with E-state index in [4.69, 9.17) is 12.2 Å². The van der Waals surface area contributed by atoms with Gasteiger partial charge in [0.1, 0.15) is 0 Å². The molecule has 0 bridgehead atoms. The zero-order valence-electron chi connectivity index (χ0n) is 11.4. The number of likely N-dealkylation sites (N-methyl/N-ethyl adjacent to an activating group) is 1. The molecule has 1 rings (SSSR count). The van der Waals surface area contributed by atoms with Crippen LogP contribution in [0.1, 0.15) is 46.5 Å². The van der Waals surface area contributed by atoms with Crippen molar-refractivity contribution in [3.8, 4) is 0 Å². The average Bonchev–Trinajstić information content (AvgIpc) is 2.68. The van der Waals surface area contributed by atoms with Crippen LogP contribution < -0.4 is 5.32 Å². The maximum absolute atomic E-state index is 5.31. The Morgan fingerprint density at radius 1 is 1.38 bits per heavy atom. The van der Waals surface area contributed by atoms with Crippen LogP contribution in [-0.2, 0) is 0 Å². The van der Waals surface area contributed by atoms with E-state index in [1.807, 2.05) is 13.8 Å². The summed E-state index contributed by atoms with van der Waals surface area (Å²) in [6, 6.07) is 0.469. The van der Waals surface area contributed by atoms with Gasteiger partial charge in [0.2, 0.25) is 0 Å². The summed E-state index contributed by atoms with van der Waals surface area (Å²) < 4.78 is 0. The third kappa shape index (κ3) is 6.56. The molecule has 0 spiro atoms. The van der Waals surface area contributed by atoms with Crippen molar-refractivity contribution in [3.05, 3.63) is 0 Å². The van der Waals surface area contributed by atoms with E-state index < -0.39 is 0 Å². The first-order valence-corrected chi connectivity index (χ1v) is 7.09. The molecule has 16 heavy (non-hydrogen) atoms. The van der Waals surface area contributed by atoms with Gasteiger partial charge >= 0.3 is 0 Å². The molecule has 1 aliphatic heterocycles. The Bertz CT molecular complexity index is 183. The maximum atomic E-state index is 5.31. The fourth-order valence-corrected chi connectivity index (χ4v) is 2.12. The first kappa shape index (κ1) is 16.0. The molecule has 96 valence electrons. The molecule has 1 aliphatic rings. The van der Waals surface area contributed by atoms with E-state index in [1.165, 1.54) is 30.7 Å². The number of nitrogens with one attached hydrogen (secondary N) is 1. The normalized spacial score (nSPS) is 19.8. The fraction of sp³-hybridized carbons (Fsp3) is 0.923. The molecule has 0 radical (unpaired) electrons. The number of hydrogen-bond donors (Lipinski definition) is 1. The smallest absolute Gasteiger partial charge is 0.0513 e. The van der Waals surface area contributed by atoms with E-state index >= 15 is 0 Å². The lowest BCUT2D eigenvalue weighted by Crippen LogP contribution is -2.39. The molecule has 0 amide bonds. The molecule has 1 atom stereocenters. The molecular formula is C13H28N2S. The van der Waals surface area contributed by atoms with Crippen LogP contribution in [-0.4, -0.2) is 42.5 Å². The van der Waals surface area contributed by atoms with E-state index in [9.17, 15) is 0 Å². The van der Waals surface area contributed by atoms with E-state index in [1.54, 1.807) is 0 Å². The minimum atomic E-state index is 0.469. The Hall–Kier alpha value is 0.01000. The zero-order valence-corrected chi connectivity index (χ0v) is 12.2. The summed E-state index contributed by atoms with van der Waals surface area (Å²) in [6.07, 6.45) is 5.04. The van der Waals surface area contributed by atoms with Crippen LogP contribution in [0.25, 0.3) is 0 Å². The number of nitrogens with zero attached hydrogens (tertiary/aromatic N) is 1. The molecule has 1 fully saturated rings. The van der Waals surface area contributed by atoms with Gasteiger partial charge in [-0.05, 0) is 26.4 Å². The molecule has 1 saturated heterocycles. The van der Waals surface area contributed by atoms with Gasteiger partial charge in [-0.2, -0.15) is 0 Å². The predicted molar refractivity (Wildman–Crippen MR) is 77.4 cm³/mol. The molecule has 3 heteroatoms. The Morgan fingerprint density at radius 3 is 2.56 bits per heavy atom. The maximum Gasteiger partial charge on any atom is 0.0513 e. The summed E-state index contributed by atoms with van der Waals surface area (Å²) in [4.78, 5) is 3.61. The lowest BCUT2D eigenvalue weighted by molar-refractivity contribution is 0.314. The summed E-state index contributed by atoms with van der Waals surface area (Å²) >= 11 is 5.31. The highest BCUT2D eigenvalue weighted by atomic mass is 32.1. The SMILES string of the molecule is CC.CCCCCN(C)CC1NCCC1=S. The molecule has 0 aromatic heterocycles. The van der Waals surface area contributed by atoms with E-state index in [0.29, 0.717) is 6.04 Å². The second-order valence-corrected chi connectivity index (χ2v) is 4.72. The highest BCUT2D eigenvalue weighted by molar-refractivity contribution is 7.80. The van der Waals surface area contributed by atoms with E-state index in [-0.39, 0.29) is 0 Å². The van der Waals surface area contributed by atoms with Gasteiger partial charge in [0.05, 0.1) is 6.04 Å². The fourth-order valence-electron chi connectivity index (χ4n) is 1.86. The minimum Gasteiger partial charge on any atom is -0.308 e. The van der Waals surface area contributed by atoms with Crippen LogP contribution in [0.3, 0.4) is 0 Å². The first-order valence-electron chi connectivity index (χ1n) is 6.68. The Balaban J connectivity index is 0.00000106. The number of hydrogen-bond acceptors (Lipinski definition) is 3. The molecular weight excluding hydrogens is 216 g/mol. The van der Waals surface area contributed by atoms with Crippen LogP contribution in [0.2, 0.25) is 0 Å². The summed E-state index contributed by atoms with van der Waals surface area (Å²) in [5, 5.41) is 3.44. The van der Waals surface area contributed by atoms with Gasteiger partial charge in [-0.25, -0.2) is 0 Å². The van der Waals surface area contributed by atoms with Crippen LogP contribution in [0.4, 0.5) is 0 Å². The van der Waals surface area contributed by atoms with Crippen LogP contribution in [0.5, 0.6) is 0 Å². The topological polar surface area (TPSA) is 15.3 Å². The van der Waals surface area contributed by atoms with Crippen molar-refractivity contribution in [2.75, 3.05) is 26.7 Å². The van der Waals surface area contributed by atoms with Gasteiger partial charge in [0.15, 0.2) is 0 Å². The molecule has 1 heterocycles. The summed E-state index contributed by atoms with van der Waals surface area (Å²) in [7, 11) is 2.19. The van der Waals surface area contributed by atoms with Crippen molar-refractivity contribution in [1.29, 1.82) is 0 Å². The minimum absolute atomic E-state index is 0.469. The third-order valence-corrected chi connectivity index (χ3v) is 3.28. The number of rotatable bonds is 6.